The van der Waals surface area contributed by atoms with Gasteiger partial charge in [0.1, 0.15) is 0 Å². The standard InChI is InChI=1S/C11H14N4/c1-8-3-5-13-10(7-8)11(12)9-4-6-15(2)14-9/h3-7,11H,12H2,1-2H3. The van der Waals surface area contributed by atoms with Gasteiger partial charge in [-0.25, -0.2) is 0 Å². The third kappa shape index (κ3) is 2.05. The quantitative estimate of drug-likeness (QED) is 0.795. The number of hydrogen-bond acceptors (Lipinski definition) is 3. The van der Waals surface area contributed by atoms with Crippen molar-refractivity contribution in [3.63, 3.8) is 0 Å². The van der Waals surface area contributed by atoms with Crippen LogP contribution >= 0.6 is 0 Å². The van der Waals surface area contributed by atoms with Crippen LogP contribution in [0.4, 0.5) is 0 Å². The van der Waals surface area contributed by atoms with Crippen LogP contribution in [0, 0.1) is 6.92 Å². The van der Waals surface area contributed by atoms with Crippen molar-refractivity contribution in [3.8, 4) is 0 Å². The number of aromatic nitrogens is 3. The number of pyridine rings is 1. The number of nitrogens with two attached hydrogens (primary N) is 1. The molecular weight excluding hydrogens is 188 g/mol. The Morgan fingerprint density at radius 1 is 1.33 bits per heavy atom. The normalized spacial score (nSPS) is 12.7. The fourth-order valence-corrected chi connectivity index (χ4v) is 1.48. The van der Waals surface area contributed by atoms with Crippen molar-refractivity contribution in [3.05, 3.63) is 47.5 Å². The van der Waals surface area contributed by atoms with Gasteiger partial charge in [0.25, 0.3) is 0 Å². The highest BCUT2D eigenvalue weighted by atomic mass is 15.3. The molecule has 0 aliphatic rings. The Labute approximate surface area is 88.8 Å². The number of aryl methyl sites for hydroxylation is 2. The highest BCUT2D eigenvalue weighted by molar-refractivity contribution is 5.23. The van der Waals surface area contributed by atoms with Crippen LogP contribution in [0.1, 0.15) is 23.0 Å². The molecule has 0 saturated heterocycles. The lowest BCUT2D eigenvalue weighted by atomic mass is 10.1. The lowest BCUT2D eigenvalue weighted by Gasteiger charge is -2.08. The molecule has 2 N–H and O–H groups in total. The molecule has 0 bridgehead atoms. The maximum Gasteiger partial charge on any atom is 0.0918 e. The van der Waals surface area contributed by atoms with Crippen LogP contribution < -0.4 is 5.73 Å². The van der Waals surface area contributed by atoms with E-state index in [4.69, 9.17) is 5.73 Å². The summed E-state index contributed by atoms with van der Waals surface area (Å²) >= 11 is 0. The highest BCUT2D eigenvalue weighted by Crippen LogP contribution is 2.15. The molecule has 2 aromatic rings. The zero-order valence-electron chi connectivity index (χ0n) is 8.88. The fraction of sp³-hybridized carbons (Fsp3) is 0.273. The second kappa shape index (κ2) is 3.82. The summed E-state index contributed by atoms with van der Waals surface area (Å²) in [5.74, 6) is 0. The Balaban J connectivity index is 2.32. The molecule has 0 amide bonds. The first-order valence-corrected chi connectivity index (χ1v) is 4.84. The molecule has 4 nitrogen and oxygen atoms in total. The number of nitrogens with zero attached hydrogens (tertiary/aromatic N) is 3. The molecule has 0 saturated carbocycles. The van der Waals surface area contributed by atoms with E-state index in [2.05, 4.69) is 10.1 Å². The maximum absolute atomic E-state index is 6.06. The number of hydrogen-bond donors (Lipinski definition) is 1. The summed E-state index contributed by atoms with van der Waals surface area (Å²) in [6.45, 7) is 2.02. The van der Waals surface area contributed by atoms with E-state index in [0.29, 0.717) is 0 Å². The Hall–Kier alpha value is -1.68. The van der Waals surface area contributed by atoms with Crippen molar-refractivity contribution in [2.24, 2.45) is 12.8 Å². The second-order valence-corrected chi connectivity index (χ2v) is 3.65. The van der Waals surface area contributed by atoms with E-state index < -0.39 is 0 Å². The van der Waals surface area contributed by atoms with Crippen molar-refractivity contribution in [2.75, 3.05) is 0 Å². The lowest BCUT2D eigenvalue weighted by Crippen LogP contribution is -2.14. The zero-order valence-corrected chi connectivity index (χ0v) is 8.88. The number of rotatable bonds is 2. The SMILES string of the molecule is Cc1ccnc(C(N)c2ccn(C)n2)c1. The van der Waals surface area contributed by atoms with E-state index in [0.717, 1.165) is 17.0 Å². The first-order valence-electron chi connectivity index (χ1n) is 4.84. The van der Waals surface area contributed by atoms with Crippen LogP contribution in [0.5, 0.6) is 0 Å². The molecule has 78 valence electrons. The Morgan fingerprint density at radius 2 is 2.13 bits per heavy atom. The molecule has 0 aliphatic heterocycles. The first kappa shape index (κ1) is 9.86. The van der Waals surface area contributed by atoms with Crippen molar-refractivity contribution in [2.45, 2.75) is 13.0 Å². The van der Waals surface area contributed by atoms with Gasteiger partial charge in [-0.05, 0) is 30.7 Å². The lowest BCUT2D eigenvalue weighted by molar-refractivity contribution is 0.706. The minimum Gasteiger partial charge on any atom is -0.318 e. The summed E-state index contributed by atoms with van der Waals surface area (Å²) in [7, 11) is 1.87. The van der Waals surface area contributed by atoms with Crippen LogP contribution in [0.2, 0.25) is 0 Å². The van der Waals surface area contributed by atoms with Gasteiger partial charge in [-0.3, -0.25) is 9.67 Å². The summed E-state index contributed by atoms with van der Waals surface area (Å²) in [5.41, 5.74) is 8.92. The topological polar surface area (TPSA) is 56.7 Å². The molecule has 1 atom stereocenters. The van der Waals surface area contributed by atoms with Gasteiger partial charge >= 0.3 is 0 Å². The maximum atomic E-state index is 6.06. The Morgan fingerprint density at radius 3 is 2.73 bits per heavy atom. The van der Waals surface area contributed by atoms with E-state index in [1.165, 1.54) is 0 Å². The molecule has 1 unspecified atom stereocenters. The molecule has 0 aromatic carbocycles. The Kier molecular flexibility index (Phi) is 2.51. The molecule has 2 rings (SSSR count). The van der Waals surface area contributed by atoms with Crippen molar-refractivity contribution in [1.82, 2.24) is 14.8 Å². The van der Waals surface area contributed by atoms with E-state index in [1.807, 2.05) is 38.4 Å². The average Bonchev–Trinajstić information content (AvgIpc) is 2.64. The smallest absolute Gasteiger partial charge is 0.0918 e. The summed E-state index contributed by atoms with van der Waals surface area (Å²) in [5, 5.41) is 4.27. The summed E-state index contributed by atoms with van der Waals surface area (Å²) in [4.78, 5) is 4.25. The van der Waals surface area contributed by atoms with Crippen molar-refractivity contribution in [1.29, 1.82) is 0 Å². The van der Waals surface area contributed by atoms with E-state index in [9.17, 15) is 0 Å². The molecule has 0 fully saturated rings. The van der Waals surface area contributed by atoms with Gasteiger partial charge in [-0.2, -0.15) is 5.10 Å². The van der Waals surface area contributed by atoms with Gasteiger partial charge in [0.05, 0.1) is 17.4 Å². The van der Waals surface area contributed by atoms with Gasteiger partial charge in [0, 0.05) is 19.4 Å². The molecule has 4 heteroatoms. The predicted molar refractivity (Wildman–Crippen MR) is 58.2 cm³/mol. The van der Waals surface area contributed by atoms with Gasteiger partial charge < -0.3 is 5.73 Å². The first-order chi connectivity index (χ1) is 7.16. The Bertz CT molecular complexity index is 461. The summed E-state index contributed by atoms with van der Waals surface area (Å²) < 4.78 is 1.74. The predicted octanol–water partition coefficient (Wildman–Crippen LogP) is 1.17. The molecule has 2 aromatic heterocycles. The average molecular weight is 202 g/mol. The molecule has 0 radical (unpaired) electrons. The molecule has 15 heavy (non-hydrogen) atoms. The van der Waals surface area contributed by atoms with E-state index in [-0.39, 0.29) is 6.04 Å². The van der Waals surface area contributed by atoms with Gasteiger partial charge in [-0.15, -0.1) is 0 Å². The van der Waals surface area contributed by atoms with Crippen LogP contribution in [0.3, 0.4) is 0 Å². The van der Waals surface area contributed by atoms with E-state index >= 15 is 0 Å². The minimum atomic E-state index is -0.244. The van der Waals surface area contributed by atoms with E-state index in [1.54, 1.807) is 10.9 Å². The van der Waals surface area contributed by atoms with Gasteiger partial charge in [0.2, 0.25) is 0 Å². The van der Waals surface area contributed by atoms with Crippen LogP contribution in [-0.4, -0.2) is 14.8 Å². The van der Waals surface area contributed by atoms with Gasteiger partial charge in [0.15, 0.2) is 0 Å². The molecule has 0 aliphatic carbocycles. The van der Waals surface area contributed by atoms with Crippen molar-refractivity contribution < 1.29 is 0 Å². The third-order valence-corrected chi connectivity index (χ3v) is 2.31. The van der Waals surface area contributed by atoms with Crippen molar-refractivity contribution >= 4 is 0 Å². The minimum absolute atomic E-state index is 0.244. The monoisotopic (exact) mass is 202 g/mol. The third-order valence-electron chi connectivity index (χ3n) is 2.31. The summed E-state index contributed by atoms with van der Waals surface area (Å²) in [6, 6.07) is 5.61. The summed E-state index contributed by atoms with van der Waals surface area (Å²) in [6.07, 6.45) is 3.65. The largest absolute Gasteiger partial charge is 0.318 e. The van der Waals surface area contributed by atoms with Crippen LogP contribution in [-0.2, 0) is 7.05 Å². The zero-order chi connectivity index (χ0) is 10.8. The molecular formula is C11H14N4. The fourth-order valence-electron chi connectivity index (χ4n) is 1.48. The second-order valence-electron chi connectivity index (χ2n) is 3.65. The highest BCUT2D eigenvalue weighted by Gasteiger charge is 2.12. The van der Waals surface area contributed by atoms with Crippen LogP contribution in [0.25, 0.3) is 0 Å². The molecule has 0 spiro atoms. The van der Waals surface area contributed by atoms with Crippen LogP contribution in [0.15, 0.2) is 30.6 Å². The molecule has 2 heterocycles. The van der Waals surface area contributed by atoms with Gasteiger partial charge in [-0.1, -0.05) is 0 Å².